The van der Waals surface area contributed by atoms with Crippen molar-refractivity contribution < 1.29 is 9.59 Å². The van der Waals surface area contributed by atoms with Gasteiger partial charge in [0, 0.05) is 25.0 Å². The van der Waals surface area contributed by atoms with Gasteiger partial charge >= 0.3 is 0 Å². The third kappa shape index (κ3) is 5.07. The Labute approximate surface area is 135 Å². The van der Waals surface area contributed by atoms with Crippen LogP contribution in [0.2, 0.25) is 0 Å². The standard InChI is InChI=1S/C18H19N3O2/c1-2-11-20-18(23)15-5-3-4-6-16(15)21-17(22)8-7-14-9-12-19-13-10-14/h3-10,12-13H,2,11H2,1H3,(H,20,23)(H,21,22)/b8-7+. The van der Waals surface area contributed by atoms with E-state index < -0.39 is 0 Å². The molecule has 0 aliphatic rings. The SMILES string of the molecule is CCCNC(=O)c1ccccc1NC(=O)/C=C/c1ccncc1. The van der Waals surface area contributed by atoms with Gasteiger partial charge in [0.15, 0.2) is 0 Å². The first kappa shape index (κ1) is 16.4. The number of hydrogen-bond acceptors (Lipinski definition) is 3. The summed E-state index contributed by atoms with van der Waals surface area (Å²) in [4.78, 5) is 28.0. The molecular weight excluding hydrogens is 290 g/mol. The minimum atomic E-state index is -0.294. The number of benzene rings is 1. The van der Waals surface area contributed by atoms with Gasteiger partial charge in [-0.3, -0.25) is 14.6 Å². The highest BCUT2D eigenvalue weighted by Crippen LogP contribution is 2.15. The Morgan fingerprint density at radius 2 is 1.87 bits per heavy atom. The molecule has 5 nitrogen and oxygen atoms in total. The van der Waals surface area contributed by atoms with Gasteiger partial charge < -0.3 is 10.6 Å². The minimum Gasteiger partial charge on any atom is -0.352 e. The van der Waals surface area contributed by atoms with Crippen molar-refractivity contribution in [2.24, 2.45) is 0 Å². The van der Waals surface area contributed by atoms with Gasteiger partial charge in [-0.2, -0.15) is 0 Å². The number of rotatable bonds is 6. The Bertz CT molecular complexity index is 696. The number of aromatic nitrogens is 1. The molecule has 0 aliphatic carbocycles. The number of pyridine rings is 1. The van der Waals surface area contributed by atoms with E-state index in [9.17, 15) is 9.59 Å². The molecule has 23 heavy (non-hydrogen) atoms. The lowest BCUT2D eigenvalue weighted by Gasteiger charge is -2.09. The van der Waals surface area contributed by atoms with Crippen LogP contribution in [0.5, 0.6) is 0 Å². The summed E-state index contributed by atoms with van der Waals surface area (Å²) in [5, 5.41) is 5.54. The molecule has 118 valence electrons. The predicted molar refractivity (Wildman–Crippen MR) is 91.0 cm³/mol. The lowest BCUT2D eigenvalue weighted by atomic mass is 10.1. The zero-order chi connectivity index (χ0) is 16.5. The van der Waals surface area contributed by atoms with Gasteiger partial charge in [0.25, 0.3) is 5.91 Å². The monoisotopic (exact) mass is 309 g/mol. The highest BCUT2D eigenvalue weighted by molar-refractivity contribution is 6.07. The fourth-order valence-corrected chi connectivity index (χ4v) is 1.94. The smallest absolute Gasteiger partial charge is 0.253 e. The van der Waals surface area contributed by atoms with E-state index in [1.807, 2.05) is 6.92 Å². The fourth-order valence-electron chi connectivity index (χ4n) is 1.94. The zero-order valence-electron chi connectivity index (χ0n) is 13.0. The maximum atomic E-state index is 12.1. The second kappa shape index (κ2) is 8.48. The van der Waals surface area contributed by atoms with E-state index in [1.165, 1.54) is 6.08 Å². The second-order valence-corrected chi connectivity index (χ2v) is 4.90. The lowest BCUT2D eigenvalue weighted by molar-refractivity contribution is -0.111. The molecule has 0 radical (unpaired) electrons. The van der Waals surface area contributed by atoms with Crippen LogP contribution in [-0.2, 0) is 4.79 Å². The molecule has 1 aromatic heterocycles. The molecule has 5 heteroatoms. The van der Waals surface area contributed by atoms with Gasteiger partial charge in [-0.1, -0.05) is 19.1 Å². The normalized spacial score (nSPS) is 10.5. The van der Waals surface area contributed by atoms with Crippen molar-refractivity contribution in [3.63, 3.8) is 0 Å². The number of hydrogen-bond donors (Lipinski definition) is 2. The highest BCUT2D eigenvalue weighted by atomic mass is 16.2. The maximum Gasteiger partial charge on any atom is 0.253 e. The Hall–Kier alpha value is -2.95. The summed E-state index contributed by atoms with van der Waals surface area (Å²) >= 11 is 0. The lowest BCUT2D eigenvalue weighted by Crippen LogP contribution is -2.25. The third-order valence-corrected chi connectivity index (χ3v) is 3.10. The van der Waals surface area contributed by atoms with Crippen molar-refractivity contribution in [3.8, 4) is 0 Å². The molecule has 2 rings (SSSR count). The minimum absolute atomic E-state index is 0.194. The van der Waals surface area contributed by atoms with Gasteiger partial charge in [-0.15, -0.1) is 0 Å². The second-order valence-electron chi connectivity index (χ2n) is 4.90. The van der Waals surface area contributed by atoms with E-state index >= 15 is 0 Å². The molecule has 1 heterocycles. The molecule has 2 amide bonds. The Kier molecular flexibility index (Phi) is 6.06. The number of nitrogens with zero attached hydrogens (tertiary/aromatic N) is 1. The Balaban J connectivity index is 2.06. The van der Waals surface area contributed by atoms with Crippen LogP contribution in [0.4, 0.5) is 5.69 Å². The van der Waals surface area contributed by atoms with Crippen LogP contribution in [0.3, 0.4) is 0 Å². The van der Waals surface area contributed by atoms with Crippen LogP contribution < -0.4 is 10.6 Å². The summed E-state index contributed by atoms with van der Waals surface area (Å²) in [7, 11) is 0. The van der Waals surface area contributed by atoms with Crippen molar-refractivity contribution in [1.82, 2.24) is 10.3 Å². The van der Waals surface area contributed by atoms with Gasteiger partial charge in [0.05, 0.1) is 11.3 Å². The number of amides is 2. The van der Waals surface area contributed by atoms with E-state index in [0.717, 1.165) is 12.0 Å². The molecule has 2 N–H and O–H groups in total. The van der Waals surface area contributed by atoms with Crippen LogP contribution in [0, 0.1) is 0 Å². The van der Waals surface area contributed by atoms with Crippen molar-refractivity contribution in [3.05, 3.63) is 66.0 Å². The molecule has 0 bridgehead atoms. The van der Waals surface area contributed by atoms with Gasteiger partial charge in [0.1, 0.15) is 0 Å². The molecule has 0 unspecified atom stereocenters. The number of carbonyl (C=O) groups is 2. The van der Waals surface area contributed by atoms with Gasteiger partial charge in [-0.25, -0.2) is 0 Å². The summed E-state index contributed by atoms with van der Waals surface area (Å²) in [6.45, 7) is 2.58. The number of nitrogens with one attached hydrogen (secondary N) is 2. The number of para-hydroxylation sites is 1. The quantitative estimate of drug-likeness (QED) is 0.806. The van der Waals surface area contributed by atoms with Crippen LogP contribution in [-0.4, -0.2) is 23.3 Å². The molecule has 0 aliphatic heterocycles. The molecule has 0 atom stereocenters. The molecular formula is C18H19N3O2. The van der Waals surface area contributed by atoms with Crippen molar-refractivity contribution >= 4 is 23.6 Å². The molecule has 0 saturated carbocycles. The average Bonchev–Trinajstić information content (AvgIpc) is 2.59. The van der Waals surface area contributed by atoms with E-state index in [0.29, 0.717) is 17.8 Å². The van der Waals surface area contributed by atoms with Gasteiger partial charge in [-0.05, 0) is 42.3 Å². The van der Waals surface area contributed by atoms with Crippen molar-refractivity contribution in [2.45, 2.75) is 13.3 Å². The fraction of sp³-hybridized carbons (Fsp3) is 0.167. The first-order valence-corrected chi connectivity index (χ1v) is 7.47. The first-order valence-electron chi connectivity index (χ1n) is 7.47. The van der Waals surface area contributed by atoms with E-state index in [-0.39, 0.29) is 11.8 Å². The summed E-state index contributed by atoms with van der Waals surface area (Å²) in [6, 6.07) is 10.5. The number of anilines is 1. The zero-order valence-corrected chi connectivity index (χ0v) is 13.0. The van der Waals surface area contributed by atoms with Crippen LogP contribution in [0.25, 0.3) is 6.08 Å². The Morgan fingerprint density at radius 3 is 2.61 bits per heavy atom. The molecule has 0 saturated heterocycles. The summed E-state index contributed by atoms with van der Waals surface area (Å²) < 4.78 is 0. The van der Waals surface area contributed by atoms with Gasteiger partial charge in [0.2, 0.25) is 5.91 Å². The summed E-state index contributed by atoms with van der Waals surface area (Å²) in [5.74, 6) is -0.488. The molecule has 0 fully saturated rings. The molecule has 2 aromatic rings. The van der Waals surface area contributed by atoms with Crippen LogP contribution in [0.1, 0.15) is 29.3 Å². The summed E-state index contributed by atoms with van der Waals surface area (Å²) in [5.41, 5.74) is 1.82. The Morgan fingerprint density at radius 1 is 1.13 bits per heavy atom. The van der Waals surface area contributed by atoms with E-state index in [2.05, 4.69) is 15.6 Å². The average molecular weight is 309 g/mol. The van der Waals surface area contributed by atoms with Crippen LogP contribution in [0.15, 0.2) is 54.9 Å². The largest absolute Gasteiger partial charge is 0.352 e. The molecule has 1 aromatic carbocycles. The van der Waals surface area contributed by atoms with E-state index in [1.54, 1.807) is 54.9 Å². The van der Waals surface area contributed by atoms with Crippen molar-refractivity contribution in [1.29, 1.82) is 0 Å². The third-order valence-electron chi connectivity index (χ3n) is 3.10. The molecule has 0 spiro atoms. The first-order chi connectivity index (χ1) is 11.2. The number of carbonyl (C=O) groups excluding carboxylic acids is 2. The highest BCUT2D eigenvalue weighted by Gasteiger charge is 2.11. The topological polar surface area (TPSA) is 71.1 Å². The predicted octanol–water partition coefficient (Wildman–Crippen LogP) is 2.87. The van der Waals surface area contributed by atoms with E-state index in [4.69, 9.17) is 0 Å². The maximum absolute atomic E-state index is 12.1. The van der Waals surface area contributed by atoms with Crippen molar-refractivity contribution in [2.75, 3.05) is 11.9 Å². The summed E-state index contributed by atoms with van der Waals surface area (Å²) in [6.07, 6.45) is 7.29. The van der Waals surface area contributed by atoms with Crippen LogP contribution >= 0.6 is 0 Å².